The number of hydrogen-bond donors (Lipinski definition) is 1. The second kappa shape index (κ2) is 6.52. The SMILES string of the molecule is O=C1CCc2cc(C(=O)N3CC(c4ccccc4)C4CCCC43)ccc2N1. The van der Waals surface area contributed by atoms with Gasteiger partial charge in [-0.15, -0.1) is 0 Å². The Morgan fingerprint density at radius 3 is 2.74 bits per heavy atom. The van der Waals surface area contributed by atoms with E-state index >= 15 is 0 Å². The van der Waals surface area contributed by atoms with Crippen molar-refractivity contribution in [2.24, 2.45) is 5.92 Å². The molecule has 138 valence electrons. The zero-order chi connectivity index (χ0) is 18.4. The van der Waals surface area contributed by atoms with Gasteiger partial charge in [-0.3, -0.25) is 9.59 Å². The van der Waals surface area contributed by atoms with E-state index in [-0.39, 0.29) is 11.8 Å². The molecular weight excluding hydrogens is 336 g/mol. The van der Waals surface area contributed by atoms with Gasteiger partial charge in [-0.05, 0) is 54.5 Å². The molecule has 0 spiro atoms. The lowest BCUT2D eigenvalue weighted by molar-refractivity contribution is -0.116. The van der Waals surface area contributed by atoms with Gasteiger partial charge in [0.05, 0.1) is 0 Å². The molecule has 2 aromatic carbocycles. The van der Waals surface area contributed by atoms with Crippen LogP contribution in [0.25, 0.3) is 0 Å². The second-order valence-electron chi connectivity index (χ2n) is 8.06. The minimum Gasteiger partial charge on any atom is -0.335 e. The van der Waals surface area contributed by atoms with E-state index in [1.54, 1.807) is 0 Å². The third-order valence-electron chi connectivity index (χ3n) is 6.58. The Bertz CT molecular complexity index is 893. The van der Waals surface area contributed by atoms with Crippen LogP contribution in [0.1, 0.15) is 53.1 Å². The molecule has 0 aromatic heterocycles. The predicted octanol–water partition coefficient (Wildman–Crippen LogP) is 3.98. The fourth-order valence-electron chi connectivity index (χ4n) is 5.28. The summed E-state index contributed by atoms with van der Waals surface area (Å²) in [7, 11) is 0. The summed E-state index contributed by atoms with van der Waals surface area (Å²) < 4.78 is 0. The Morgan fingerprint density at radius 1 is 1.04 bits per heavy atom. The number of hydrogen-bond acceptors (Lipinski definition) is 2. The summed E-state index contributed by atoms with van der Waals surface area (Å²) >= 11 is 0. The molecule has 3 atom stereocenters. The van der Waals surface area contributed by atoms with Gasteiger partial charge in [0.25, 0.3) is 5.91 Å². The number of anilines is 1. The van der Waals surface area contributed by atoms with E-state index in [4.69, 9.17) is 0 Å². The van der Waals surface area contributed by atoms with E-state index in [1.807, 2.05) is 18.2 Å². The van der Waals surface area contributed by atoms with Crippen molar-refractivity contribution in [2.45, 2.75) is 44.1 Å². The highest BCUT2D eigenvalue weighted by Crippen LogP contribution is 2.46. The number of rotatable bonds is 2. The Labute approximate surface area is 159 Å². The number of nitrogens with zero attached hydrogens (tertiary/aromatic N) is 1. The lowest BCUT2D eigenvalue weighted by atomic mass is 9.87. The van der Waals surface area contributed by atoms with Crippen molar-refractivity contribution in [1.82, 2.24) is 4.90 Å². The third-order valence-corrected chi connectivity index (χ3v) is 6.58. The maximum absolute atomic E-state index is 13.4. The van der Waals surface area contributed by atoms with E-state index in [0.29, 0.717) is 30.7 Å². The predicted molar refractivity (Wildman–Crippen MR) is 105 cm³/mol. The zero-order valence-corrected chi connectivity index (χ0v) is 15.4. The summed E-state index contributed by atoms with van der Waals surface area (Å²) in [5.74, 6) is 1.22. The van der Waals surface area contributed by atoms with Crippen LogP contribution in [-0.2, 0) is 11.2 Å². The molecule has 0 bridgehead atoms. The van der Waals surface area contributed by atoms with Gasteiger partial charge in [-0.2, -0.15) is 0 Å². The molecule has 4 nitrogen and oxygen atoms in total. The summed E-state index contributed by atoms with van der Waals surface area (Å²) in [5.41, 5.74) is 4.04. The van der Waals surface area contributed by atoms with E-state index < -0.39 is 0 Å². The minimum absolute atomic E-state index is 0.0561. The van der Waals surface area contributed by atoms with Crippen LogP contribution in [0.15, 0.2) is 48.5 Å². The van der Waals surface area contributed by atoms with Crippen molar-refractivity contribution >= 4 is 17.5 Å². The molecule has 4 heteroatoms. The Hall–Kier alpha value is -2.62. The average Bonchev–Trinajstić information content (AvgIpc) is 3.30. The summed E-state index contributed by atoms with van der Waals surface area (Å²) in [5, 5.41) is 2.90. The fourth-order valence-corrected chi connectivity index (χ4v) is 5.28. The number of nitrogens with one attached hydrogen (secondary N) is 1. The summed E-state index contributed by atoms with van der Waals surface area (Å²) in [6.45, 7) is 0.812. The monoisotopic (exact) mass is 360 g/mol. The van der Waals surface area contributed by atoms with Crippen LogP contribution in [0.5, 0.6) is 0 Å². The summed E-state index contributed by atoms with van der Waals surface area (Å²) in [6.07, 6.45) is 4.74. The highest BCUT2D eigenvalue weighted by atomic mass is 16.2. The lowest BCUT2D eigenvalue weighted by Crippen LogP contribution is -2.36. The molecule has 3 aliphatic rings. The number of amides is 2. The first-order chi connectivity index (χ1) is 13.2. The van der Waals surface area contributed by atoms with Crippen LogP contribution < -0.4 is 5.32 Å². The van der Waals surface area contributed by atoms with Gasteiger partial charge in [-0.25, -0.2) is 0 Å². The average molecular weight is 360 g/mol. The van der Waals surface area contributed by atoms with Crippen molar-refractivity contribution in [1.29, 1.82) is 0 Å². The van der Waals surface area contributed by atoms with Crippen LogP contribution in [0, 0.1) is 5.92 Å². The maximum Gasteiger partial charge on any atom is 0.254 e. The van der Waals surface area contributed by atoms with Gasteiger partial charge >= 0.3 is 0 Å². The molecule has 0 radical (unpaired) electrons. The Balaban J connectivity index is 1.42. The first kappa shape index (κ1) is 16.5. The molecule has 2 aromatic rings. The molecule has 1 saturated carbocycles. The molecule has 27 heavy (non-hydrogen) atoms. The fraction of sp³-hybridized carbons (Fsp3) is 0.391. The van der Waals surface area contributed by atoms with Crippen LogP contribution in [0.3, 0.4) is 0 Å². The highest BCUT2D eigenvalue weighted by Gasteiger charge is 2.46. The molecule has 1 saturated heterocycles. The van der Waals surface area contributed by atoms with Crippen molar-refractivity contribution in [2.75, 3.05) is 11.9 Å². The summed E-state index contributed by atoms with van der Waals surface area (Å²) in [6, 6.07) is 16.8. The topological polar surface area (TPSA) is 49.4 Å². The lowest BCUT2D eigenvalue weighted by Gasteiger charge is -2.25. The van der Waals surface area contributed by atoms with E-state index in [0.717, 1.165) is 29.8 Å². The smallest absolute Gasteiger partial charge is 0.254 e. The number of aryl methyl sites for hydroxylation is 1. The first-order valence-corrected chi connectivity index (χ1v) is 9.99. The van der Waals surface area contributed by atoms with Crippen LogP contribution in [0.2, 0.25) is 0 Å². The number of benzene rings is 2. The molecule has 2 aliphatic heterocycles. The van der Waals surface area contributed by atoms with Gasteiger partial charge in [0.2, 0.25) is 5.91 Å². The van der Waals surface area contributed by atoms with E-state index in [9.17, 15) is 9.59 Å². The van der Waals surface area contributed by atoms with Gasteiger partial charge < -0.3 is 10.2 Å². The van der Waals surface area contributed by atoms with Crippen molar-refractivity contribution in [3.05, 3.63) is 65.2 Å². The minimum atomic E-state index is 0.0561. The van der Waals surface area contributed by atoms with Gasteiger partial charge in [0, 0.05) is 36.2 Å². The number of fused-ring (bicyclic) bond motifs is 2. The molecule has 1 N–H and O–H groups in total. The highest BCUT2D eigenvalue weighted by molar-refractivity contribution is 5.98. The molecule has 1 aliphatic carbocycles. The second-order valence-corrected chi connectivity index (χ2v) is 8.06. The quantitative estimate of drug-likeness (QED) is 0.881. The Morgan fingerprint density at radius 2 is 1.89 bits per heavy atom. The Kier molecular flexibility index (Phi) is 4.00. The molecule has 2 heterocycles. The van der Waals surface area contributed by atoms with Crippen LogP contribution in [-0.4, -0.2) is 29.3 Å². The van der Waals surface area contributed by atoms with Crippen molar-refractivity contribution < 1.29 is 9.59 Å². The standard InChI is InChI=1S/C23H24N2O2/c26-22-12-10-16-13-17(9-11-20(16)24-22)23(27)25-14-19(15-5-2-1-3-6-15)18-7-4-8-21(18)25/h1-3,5-6,9,11,13,18-19,21H,4,7-8,10,12,14H2,(H,24,26). The van der Waals surface area contributed by atoms with Gasteiger partial charge in [0.1, 0.15) is 0 Å². The van der Waals surface area contributed by atoms with Gasteiger partial charge in [0.15, 0.2) is 0 Å². The molecular formula is C23H24N2O2. The zero-order valence-electron chi connectivity index (χ0n) is 15.4. The van der Waals surface area contributed by atoms with Gasteiger partial charge in [-0.1, -0.05) is 36.8 Å². The van der Waals surface area contributed by atoms with Crippen LogP contribution in [0.4, 0.5) is 5.69 Å². The molecule has 5 rings (SSSR count). The number of carbonyl (C=O) groups excluding carboxylic acids is 2. The van der Waals surface area contributed by atoms with Crippen molar-refractivity contribution in [3.63, 3.8) is 0 Å². The summed E-state index contributed by atoms with van der Waals surface area (Å²) in [4.78, 5) is 27.0. The first-order valence-electron chi connectivity index (χ1n) is 9.99. The van der Waals surface area contributed by atoms with E-state index in [1.165, 1.54) is 18.4 Å². The molecule has 3 unspecified atom stereocenters. The number of carbonyl (C=O) groups is 2. The number of likely N-dealkylation sites (tertiary alicyclic amines) is 1. The maximum atomic E-state index is 13.4. The molecule has 2 fully saturated rings. The molecule has 2 amide bonds. The largest absolute Gasteiger partial charge is 0.335 e. The van der Waals surface area contributed by atoms with Crippen molar-refractivity contribution in [3.8, 4) is 0 Å². The van der Waals surface area contributed by atoms with Crippen LogP contribution >= 0.6 is 0 Å². The van der Waals surface area contributed by atoms with E-state index in [2.05, 4.69) is 40.5 Å². The normalized spacial score (nSPS) is 26.4. The third kappa shape index (κ3) is 2.84.